The Kier molecular flexibility index (Phi) is 7.13. The van der Waals surface area contributed by atoms with Gasteiger partial charge >= 0.3 is 20.2 Å². The molecule has 11 heteroatoms. The third kappa shape index (κ3) is 6.01. The molecule has 0 heterocycles. The van der Waals surface area contributed by atoms with Crippen molar-refractivity contribution in [2.75, 3.05) is 0 Å². The van der Waals surface area contributed by atoms with Crippen molar-refractivity contribution in [2.45, 2.75) is 33.4 Å². The average molecular weight is 559 g/mol. The van der Waals surface area contributed by atoms with Crippen LogP contribution in [0.5, 0.6) is 11.5 Å². The van der Waals surface area contributed by atoms with Crippen molar-refractivity contribution >= 4 is 30.1 Å². The highest BCUT2D eigenvalue weighted by Crippen LogP contribution is 2.28. The number of benzene rings is 4. The van der Waals surface area contributed by atoms with Crippen molar-refractivity contribution in [1.82, 2.24) is 0 Å². The van der Waals surface area contributed by atoms with E-state index in [-0.39, 0.29) is 31.1 Å². The maximum Gasteiger partial charge on any atom is 0.339 e. The van der Waals surface area contributed by atoms with Crippen molar-refractivity contribution in [3.63, 3.8) is 0 Å². The molecule has 0 unspecified atom stereocenters. The van der Waals surface area contributed by atoms with Crippen molar-refractivity contribution in [3.8, 4) is 11.5 Å². The van der Waals surface area contributed by atoms with Gasteiger partial charge < -0.3 is 8.37 Å². The predicted molar refractivity (Wildman–Crippen MR) is 136 cm³/mol. The van der Waals surface area contributed by atoms with Crippen LogP contribution >= 0.6 is 0 Å². The molecule has 0 radical (unpaired) electrons. The fraction of sp³-hybridized carbons (Fsp3) is 0.0769. The molecule has 0 saturated carbocycles. The van der Waals surface area contributed by atoms with Crippen molar-refractivity contribution in [1.29, 1.82) is 0 Å². The first-order valence-corrected chi connectivity index (χ1v) is 15.1. The highest BCUT2D eigenvalue weighted by atomic mass is 32.2. The summed E-state index contributed by atoms with van der Waals surface area (Å²) in [6.45, 7) is 3.67. The first-order chi connectivity index (χ1) is 17.4. The molecule has 0 bridgehead atoms. The van der Waals surface area contributed by atoms with Crippen molar-refractivity contribution in [3.05, 3.63) is 108 Å². The van der Waals surface area contributed by atoms with E-state index in [2.05, 4.69) is 0 Å². The van der Waals surface area contributed by atoms with Crippen LogP contribution in [0.25, 0.3) is 0 Å². The largest absolute Gasteiger partial charge is 0.379 e. The van der Waals surface area contributed by atoms with Crippen LogP contribution in [0.4, 0.5) is 0 Å². The van der Waals surface area contributed by atoms with Gasteiger partial charge in [0, 0.05) is 0 Å². The summed E-state index contributed by atoms with van der Waals surface area (Å²) in [5.41, 5.74) is 1.82. The standard InChI is InChI=1S/C26H22O8S3/c1-19-9-13-21(14-10-19)33-36(29,30)25-7-3-5-23(17-25)35(27,28)24-6-4-8-26(18-24)37(31,32)34-22-15-11-20(2)12-16-22/h3-18H,1-2H3. The second kappa shape index (κ2) is 10.0. The summed E-state index contributed by atoms with van der Waals surface area (Å²) in [7, 11) is -13.0. The molecule has 0 atom stereocenters. The van der Waals surface area contributed by atoms with E-state index < -0.39 is 30.1 Å². The van der Waals surface area contributed by atoms with Gasteiger partial charge in [0.25, 0.3) is 0 Å². The van der Waals surface area contributed by atoms with Gasteiger partial charge in [-0.25, -0.2) is 8.42 Å². The molecule has 0 aliphatic heterocycles. The van der Waals surface area contributed by atoms with Crippen LogP contribution in [0.3, 0.4) is 0 Å². The second-order valence-electron chi connectivity index (χ2n) is 8.15. The number of hydrogen-bond donors (Lipinski definition) is 0. The molecule has 0 fully saturated rings. The molecular weight excluding hydrogens is 536 g/mol. The average Bonchev–Trinajstić information content (AvgIpc) is 2.87. The summed E-state index contributed by atoms with van der Waals surface area (Å²) >= 11 is 0. The Balaban J connectivity index is 1.65. The molecule has 37 heavy (non-hydrogen) atoms. The van der Waals surface area contributed by atoms with E-state index in [4.69, 9.17) is 8.37 Å². The Hall–Kier alpha value is -3.67. The Morgan fingerprint density at radius 2 is 0.784 bits per heavy atom. The molecule has 0 aliphatic carbocycles. The molecule has 4 aromatic carbocycles. The summed E-state index contributed by atoms with van der Waals surface area (Å²) in [5.74, 6) is 0.149. The molecule has 0 aromatic heterocycles. The predicted octanol–water partition coefficient (Wildman–Crippen LogP) is 4.67. The van der Waals surface area contributed by atoms with Crippen LogP contribution in [0, 0.1) is 13.8 Å². The van der Waals surface area contributed by atoms with Gasteiger partial charge in [-0.05, 0) is 74.5 Å². The zero-order chi connectivity index (χ0) is 26.8. The first-order valence-electron chi connectivity index (χ1n) is 10.8. The zero-order valence-corrected chi connectivity index (χ0v) is 22.2. The molecule has 4 aromatic rings. The van der Waals surface area contributed by atoms with Gasteiger partial charge in [-0.3, -0.25) is 0 Å². The molecule has 0 amide bonds. The van der Waals surface area contributed by atoms with Crippen LogP contribution < -0.4 is 8.37 Å². The van der Waals surface area contributed by atoms with Gasteiger partial charge in [0.1, 0.15) is 21.3 Å². The Bertz CT molecular complexity index is 1630. The van der Waals surface area contributed by atoms with Crippen molar-refractivity contribution in [2.24, 2.45) is 0 Å². The Labute approximate surface area is 216 Å². The third-order valence-corrected chi connectivity index (χ3v) is 9.50. The SMILES string of the molecule is Cc1ccc(OS(=O)(=O)c2cccc(S(=O)(=O)c3cccc(S(=O)(=O)Oc4ccc(C)cc4)c3)c2)cc1. The van der Waals surface area contributed by atoms with E-state index >= 15 is 0 Å². The lowest BCUT2D eigenvalue weighted by atomic mass is 10.2. The van der Waals surface area contributed by atoms with E-state index in [9.17, 15) is 25.3 Å². The summed E-state index contributed by atoms with van der Waals surface area (Å²) in [6, 6.07) is 21.9. The fourth-order valence-corrected chi connectivity index (χ4v) is 6.72. The van der Waals surface area contributed by atoms with Crippen LogP contribution in [0.2, 0.25) is 0 Å². The molecule has 8 nitrogen and oxygen atoms in total. The van der Waals surface area contributed by atoms with Gasteiger partial charge in [-0.2, -0.15) is 16.8 Å². The molecule has 192 valence electrons. The summed E-state index contributed by atoms with van der Waals surface area (Å²) in [6.07, 6.45) is 0. The quantitative estimate of drug-likeness (QED) is 0.286. The van der Waals surface area contributed by atoms with Gasteiger partial charge in [-0.1, -0.05) is 47.5 Å². The molecule has 0 N–H and O–H groups in total. The lowest BCUT2D eigenvalue weighted by molar-refractivity contribution is 0.484. The maximum atomic E-state index is 13.3. The number of rotatable bonds is 8. The van der Waals surface area contributed by atoms with Gasteiger partial charge in [0.05, 0.1) is 9.79 Å². The summed E-state index contributed by atoms with van der Waals surface area (Å²) in [4.78, 5) is -1.45. The minimum Gasteiger partial charge on any atom is -0.379 e. The number of sulfone groups is 1. The van der Waals surface area contributed by atoms with Crippen molar-refractivity contribution < 1.29 is 33.6 Å². The first kappa shape index (κ1) is 26.4. The van der Waals surface area contributed by atoms with E-state index in [1.54, 1.807) is 24.3 Å². The second-order valence-corrected chi connectivity index (χ2v) is 13.2. The van der Waals surface area contributed by atoms with Crippen LogP contribution in [0.15, 0.2) is 117 Å². The third-order valence-electron chi connectivity index (χ3n) is 5.26. The normalized spacial score (nSPS) is 12.2. The van der Waals surface area contributed by atoms with E-state index in [1.807, 2.05) is 13.8 Å². The smallest absolute Gasteiger partial charge is 0.339 e. The van der Waals surface area contributed by atoms with Gasteiger partial charge in [0.2, 0.25) is 9.84 Å². The van der Waals surface area contributed by atoms with E-state index in [0.29, 0.717) is 0 Å². The number of aryl methyl sites for hydroxylation is 2. The van der Waals surface area contributed by atoms with Crippen LogP contribution in [-0.4, -0.2) is 25.3 Å². The van der Waals surface area contributed by atoms with Crippen LogP contribution in [0.1, 0.15) is 11.1 Å². The maximum absolute atomic E-state index is 13.3. The molecule has 0 aliphatic rings. The minimum absolute atomic E-state index is 0.0744. The Morgan fingerprint density at radius 1 is 0.459 bits per heavy atom. The monoisotopic (exact) mass is 558 g/mol. The van der Waals surface area contributed by atoms with Gasteiger partial charge in [-0.15, -0.1) is 0 Å². The van der Waals surface area contributed by atoms with Crippen LogP contribution in [-0.2, 0) is 30.1 Å². The zero-order valence-electron chi connectivity index (χ0n) is 19.7. The molecule has 0 saturated heterocycles. The van der Waals surface area contributed by atoms with Gasteiger partial charge in [0.15, 0.2) is 0 Å². The molecule has 0 spiro atoms. The molecule has 4 rings (SSSR count). The summed E-state index contributed by atoms with van der Waals surface area (Å²) < 4.78 is 88.0. The van der Waals surface area contributed by atoms with E-state index in [1.165, 1.54) is 60.7 Å². The Morgan fingerprint density at radius 3 is 1.14 bits per heavy atom. The molecular formula is C26H22O8S3. The topological polar surface area (TPSA) is 121 Å². The highest BCUT2D eigenvalue weighted by Gasteiger charge is 2.25. The fourth-order valence-electron chi connectivity index (χ4n) is 3.27. The minimum atomic E-state index is -4.34. The van der Waals surface area contributed by atoms with E-state index in [0.717, 1.165) is 23.3 Å². The lowest BCUT2D eigenvalue weighted by Gasteiger charge is -2.11. The number of hydrogen-bond acceptors (Lipinski definition) is 8. The highest BCUT2D eigenvalue weighted by molar-refractivity contribution is 7.91. The lowest BCUT2D eigenvalue weighted by Crippen LogP contribution is -2.12. The summed E-state index contributed by atoms with van der Waals surface area (Å²) in [5, 5.41) is 0.